The fraction of sp³-hybridized carbons (Fsp3) is 0.333. The summed E-state index contributed by atoms with van der Waals surface area (Å²) in [6.07, 6.45) is 3.47. The predicted molar refractivity (Wildman–Crippen MR) is 61.8 cm³/mol. The van der Waals surface area contributed by atoms with Gasteiger partial charge in [-0.05, 0) is 38.1 Å². The van der Waals surface area contributed by atoms with Crippen LogP contribution in [0.1, 0.15) is 18.0 Å². The molecule has 2 aromatic heterocycles. The van der Waals surface area contributed by atoms with Gasteiger partial charge >= 0.3 is 0 Å². The first-order chi connectivity index (χ1) is 7.79. The van der Waals surface area contributed by atoms with Crippen LogP contribution in [0.15, 0.2) is 28.8 Å². The maximum atomic E-state index is 5.51. The van der Waals surface area contributed by atoms with Gasteiger partial charge in [0, 0.05) is 12.6 Å². The summed E-state index contributed by atoms with van der Waals surface area (Å²) in [7, 11) is 0. The number of rotatable bonds is 4. The maximum absolute atomic E-state index is 5.51. The Hall–Kier alpha value is -1.68. The SMILES string of the molecule is Cc1ccc(-c2ccnc(CCCN)n2)o1. The number of hydrogen-bond acceptors (Lipinski definition) is 4. The molecule has 0 atom stereocenters. The standard InChI is InChI=1S/C12H15N3O/c1-9-4-5-11(16-9)10-6-8-14-12(15-10)3-2-7-13/h4-6,8H,2-3,7,13H2,1H3. The Bertz CT molecular complexity index is 465. The monoisotopic (exact) mass is 217 g/mol. The molecule has 0 saturated carbocycles. The van der Waals surface area contributed by atoms with E-state index in [0.29, 0.717) is 6.54 Å². The second kappa shape index (κ2) is 4.90. The van der Waals surface area contributed by atoms with Crippen LogP contribution in [0.3, 0.4) is 0 Å². The number of furan rings is 1. The molecule has 0 amide bonds. The van der Waals surface area contributed by atoms with Crippen LogP contribution >= 0.6 is 0 Å². The molecule has 2 rings (SSSR count). The van der Waals surface area contributed by atoms with Crippen molar-refractivity contribution >= 4 is 0 Å². The number of hydrogen-bond donors (Lipinski definition) is 1. The first-order valence-corrected chi connectivity index (χ1v) is 5.38. The number of nitrogens with two attached hydrogens (primary N) is 1. The zero-order valence-electron chi connectivity index (χ0n) is 9.31. The summed E-state index contributed by atoms with van der Waals surface area (Å²) in [5.41, 5.74) is 6.28. The summed E-state index contributed by atoms with van der Waals surface area (Å²) in [5.74, 6) is 2.49. The van der Waals surface area contributed by atoms with Crippen LogP contribution in [0.25, 0.3) is 11.5 Å². The third-order valence-electron chi connectivity index (χ3n) is 2.30. The molecule has 2 aromatic rings. The summed E-state index contributed by atoms with van der Waals surface area (Å²) < 4.78 is 5.51. The van der Waals surface area contributed by atoms with Crippen LogP contribution in [0, 0.1) is 6.92 Å². The molecule has 0 bridgehead atoms. The summed E-state index contributed by atoms with van der Waals surface area (Å²) in [6.45, 7) is 2.58. The second-order valence-corrected chi connectivity index (χ2v) is 3.66. The quantitative estimate of drug-likeness (QED) is 0.849. The predicted octanol–water partition coefficient (Wildman–Crippen LogP) is 1.94. The van der Waals surface area contributed by atoms with Crippen LogP contribution in [-0.4, -0.2) is 16.5 Å². The Morgan fingerprint density at radius 2 is 2.19 bits per heavy atom. The Kier molecular flexibility index (Phi) is 3.31. The van der Waals surface area contributed by atoms with Crippen molar-refractivity contribution < 1.29 is 4.42 Å². The molecule has 0 aliphatic heterocycles. The van der Waals surface area contributed by atoms with Crippen molar-refractivity contribution in [2.75, 3.05) is 6.54 Å². The lowest BCUT2D eigenvalue weighted by Crippen LogP contribution is -2.03. The van der Waals surface area contributed by atoms with E-state index in [9.17, 15) is 0 Å². The van der Waals surface area contributed by atoms with Crippen LogP contribution in [0.2, 0.25) is 0 Å². The van der Waals surface area contributed by atoms with Crippen molar-refractivity contribution in [2.24, 2.45) is 5.73 Å². The topological polar surface area (TPSA) is 64.9 Å². The molecule has 0 aromatic carbocycles. The van der Waals surface area contributed by atoms with Crippen molar-refractivity contribution in [3.63, 3.8) is 0 Å². The van der Waals surface area contributed by atoms with E-state index in [1.165, 1.54) is 0 Å². The Labute approximate surface area is 94.5 Å². The fourth-order valence-corrected chi connectivity index (χ4v) is 1.49. The summed E-state index contributed by atoms with van der Waals surface area (Å²) in [4.78, 5) is 8.63. The Morgan fingerprint density at radius 3 is 2.88 bits per heavy atom. The minimum atomic E-state index is 0.660. The van der Waals surface area contributed by atoms with Crippen LogP contribution in [0.4, 0.5) is 0 Å². The van der Waals surface area contributed by atoms with Gasteiger partial charge in [0.2, 0.25) is 0 Å². The second-order valence-electron chi connectivity index (χ2n) is 3.66. The highest BCUT2D eigenvalue weighted by atomic mass is 16.3. The molecule has 0 aliphatic carbocycles. The third kappa shape index (κ3) is 2.46. The average Bonchev–Trinajstić information content (AvgIpc) is 2.74. The molecule has 2 N–H and O–H groups in total. The Morgan fingerprint density at radius 1 is 1.31 bits per heavy atom. The van der Waals surface area contributed by atoms with Crippen LogP contribution in [0.5, 0.6) is 0 Å². The lowest BCUT2D eigenvalue weighted by atomic mass is 10.2. The van der Waals surface area contributed by atoms with Gasteiger partial charge < -0.3 is 10.2 Å². The van der Waals surface area contributed by atoms with Crippen molar-refractivity contribution in [1.29, 1.82) is 0 Å². The van der Waals surface area contributed by atoms with Gasteiger partial charge in [-0.1, -0.05) is 0 Å². The summed E-state index contributed by atoms with van der Waals surface area (Å²) >= 11 is 0. The van der Waals surface area contributed by atoms with Crippen molar-refractivity contribution in [3.8, 4) is 11.5 Å². The van der Waals surface area contributed by atoms with Gasteiger partial charge in [-0.15, -0.1) is 0 Å². The van der Waals surface area contributed by atoms with Crippen molar-refractivity contribution in [3.05, 3.63) is 36.0 Å². The highest BCUT2D eigenvalue weighted by Crippen LogP contribution is 2.19. The molecule has 0 radical (unpaired) electrons. The molecule has 4 heteroatoms. The molecular formula is C12H15N3O. The molecule has 4 nitrogen and oxygen atoms in total. The molecule has 0 spiro atoms. The fourth-order valence-electron chi connectivity index (χ4n) is 1.49. The Balaban J connectivity index is 2.22. The summed E-state index contributed by atoms with van der Waals surface area (Å²) in [6, 6.07) is 5.70. The molecular weight excluding hydrogens is 202 g/mol. The highest BCUT2D eigenvalue weighted by Gasteiger charge is 2.05. The van der Waals surface area contributed by atoms with Crippen LogP contribution < -0.4 is 5.73 Å². The van der Waals surface area contributed by atoms with E-state index in [0.717, 1.165) is 35.9 Å². The number of aryl methyl sites for hydroxylation is 2. The van der Waals surface area contributed by atoms with E-state index in [-0.39, 0.29) is 0 Å². The third-order valence-corrected chi connectivity index (χ3v) is 2.30. The van der Waals surface area contributed by atoms with Gasteiger partial charge in [-0.3, -0.25) is 0 Å². The van der Waals surface area contributed by atoms with Gasteiger partial charge in [0.15, 0.2) is 5.76 Å². The van der Waals surface area contributed by atoms with Crippen LogP contribution in [-0.2, 0) is 6.42 Å². The smallest absolute Gasteiger partial charge is 0.152 e. The lowest BCUT2D eigenvalue weighted by Gasteiger charge is -2.00. The van der Waals surface area contributed by atoms with E-state index < -0.39 is 0 Å². The first kappa shape index (κ1) is 10.8. The zero-order chi connectivity index (χ0) is 11.4. The molecule has 0 aliphatic rings. The highest BCUT2D eigenvalue weighted by molar-refractivity contribution is 5.51. The zero-order valence-corrected chi connectivity index (χ0v) is 9.31. The summed E-state index contributed by atoms with van der Waals surface area (Å²) in [5, 5.41) is 0. The molecule has 2 heterocycles. The maximum Gasteiger partial charge on any atom is 0.152 e. The molecule has 84 valence electrons. The largest absolute Gasteiger partial charge is 0.460 e. The minimum absolute atomic E-state index is 0.660. The molecule has 0 unspecified atom stereocenters. The van der Waals surface area contributed by atoms with Gasteiger partial charge in [0.05, 0.1) is 0 Å². The average molecular weight is 217 g/mol. The minimum Gasteiger partial charge on any atom is -0.460 e. The number of aromatic nitrogens is 2. The lowest BCUT2D eigenvalue weighted by molar-refractivity contribution is 0.545. The molecule has 0 fully saturated rings. The van der Waals surface area contributed by atoms with E-state index >= 15 is 0 Å². The number of nitrogens with zero attached hydrogens (tertiary/aromatic N) is 2. The molecule has 16 heavy (non-hydrogen) atoms. The van der Waals surface area contributed by atoms with Gasteiger partial charge in [0.1, 0.15) is 17.3 Å². The van der Waals surface area contributed by atoms with E-state index in [1.54, 1.807) is 6.20 Å². The van der Waals surface area contributed by atoms with Gasteiger partial charge in [-0.2, -0.15) is 0 Å². The van der Waals surface area contributed by atoms with Crippen molar-refractivity contribution in [1.82, 2.24) is 9.97 Å². The normalized spacial score (nSPS) is 10.6. The van der Waals surface area contributed by atoms with Gasteiger partial charge in [-0.25, -0.2) is 9.97 Å². The van der Waals surface area contributed by atoms with Crippen molar-refractivity contribution in [2.45, 2.75) is 19.8 Å². The van der Waals surface area contributed by atoms with E-state index in [2.05, 4.69) is 9.97 Å². The van der Waals surface area contributed by atoms with E-state index in [1.807, 2.05) is 25.1 Å². The van der Waals surface area contributed by atoms with Gasteiger partial charge in [0.25, 0.3) is 0 Å². The molecule has 0 saturated heterocycles. The van der Waals surface area contributed by atoms with E-state index in [4.69, 9.17) is 10.2 Å². The first-order valence-electron chi connectivity index (χ1n) is 5.38.